The molecule has 21 heavy (non-hydrogen) atoms. The molecule has 2 aromatic rings. The van der Waals surface area contributed by atoms with Crippen molar-refractivity contribution in [3.8, 4) is 0 Å². The van der Waals surface area contributed by atoms with Crippen LogP contribution >= 0.6 is 15.9 Å². The lowest BCUT2D eigenvalue weighted by Crippen LogP contribution is -2.44. The number of hydrogen-bond acceptors (Lipinski definition) is 2. The van der Waals surface area contributed by atoms with Gasteiger partial charge in [-0.25, -0.2) is 4.79 Å². The summed E-state index contributed by atoms with van der Waals surface area (Å²) in [6.45, 7) is 1.09. The maximum Gasteiger partial charge on any atom is 0.321 e. The number of carbonyl (C=O) groups is 1. The zero-order valence-corrected chi connectivity index (χ0v) is 13.1. The molecule has 0 radical (unpaired) electrons. The number of anilines is 1. The molecule has 1 atom stereocenters. The number of carbonyl (C=O) groups excluding carboxylic acids is 1. The molecule has 1 fully saturated rings. The highest BCUT2D eigenvalue weighted by atomic mass is 79.9. The summed E-state index contributed by atoms with van der Waals surface area (Å²) in [6.07, 6.45) is 1.20. The number of aliphatic hydroxyl groups is 1. The van der Waals surface area contributed by atoms with Crippen molar-refractivity contribution in [3.63, 3.8) is 0 Å². The molecule has 4 nitrogen and oxygen atoms in total. The van der Waals surface area contributed by atoms with Crippen LogP contribution in [-0.4, -0.2) is 35.2 Å². The van der Waals surface area contributed by atoms with Gasteiger partial charge < -0.3 is 15.3 Å². The number of nitrogens with zero attached hydrogens (tertiary/aromatic N) is 1. The highest BCUT2D eigenvalue weighted by Crippen LogP contribution is 2.30. The summed E-state index contributed by atoms with van der Waals surface area (Å²) < 4.78 is 1.00. The number of amides is 2. The predicted octanol–water partition coefficient (Wildman–Crippen LogP) is 3.59. The van der Waals surface area contributed by atoms with Gasteiger partial charge in [0.1, 0.15) is 0 Å². The standard InChI is InChI=1S/C16H17BrN2O2/c17-14-7-8-15(13-6-2-1-5-12(13)14)18-16(21)19-9-3-4-11(20)10-19/h1-2,5-8,11,20H,3-4,9-10H2,(H,18,21). The Labute approximate surface area is 131 Å². The number of hydrogen-bond donors (Lipinski definition) is 2. The first-order chi connectivity index (χ1) is 10.1. The lowest BCUT2D eigenvalue weighted by molar-refractivity contribution is 0.0883. The summed E-state index contributed by atoms with van der Waals surface area (Å²) in [5.74, 6) is 0. The van der Waals surface area contributed by atoms with Crippen LogP contribution in [0.4, 0.5) is 10.5 Å². The van der Waals surface area contributed by atoms with Crippen LogP contribution < -0.4 is 5.32 Å². The molecule has 0 bridgehead atoms. The van der Waals surface area contributed by atoms with Crippen molar-refractivity contribution in [2.24, 2.45) is 0 Å². The first kappa shape index (κ1) is 14.4. The Balaban J connectivity index is 1.85. The fraction of sp³-hybridized carbons (Fsp3) is 0.312. The zero-order valence-electron chi connectivity index (χ0n) is 11.6. The maximum absolute atomic E-state index is 12.3. The van der Waals surface area contributed by atoms with Crippen LogP contribution in [0, 0.1) is 0 Å². The van der Waals surface area contributed by atoms with E-state index in [1.807, 2.05) is 36.4 Å². The maximum atomic E-state index is 12.3. The van der Waals surface area contributed by atoms with Gasteiger partial charge in [-0.15, -0.1) is 0 Å². The second-order valence-corrected chi connectivity index (χ2v) is 6.17. The number of nitrogens with one attached hydrogen (secondary N) is 1. The first-order valence-electron chi connectivity index (χ1n) is 7.06. The van der Waals surface area contributed by atoms with Crippen molar-refractivity contribution in [2.75, 3.05) is 18.4 Å². The smallest absolute Gasteiger partial charge is 0.321 e. The minimum atomic E-state index is -0.411. The molecule has 110 valence electrons. The Morgan fingerprint density at radius 2 is 2.00 bits per heavy atom. The van der Waals surface area contributed by atoms with Gasteiger partial charge in [0.05, 0.1) is 11.8 Å². The van der Waals surface area contributed by atoms with Crippen LogP contribution in [0.15, 0.2) is 40.9 Å². The quantitative estimate of drug-likeness (QED) is 0.827. The van der Waals surface area contributed by atoms with Crippen molar-refractivity contribution < 1.29 is 9.90 Å². The second-order valence-electron chi connectivity index (χ2n) is 5.31. The molecule has 5 heteroatoms. The van der Waals surface area contributed by atoms with E-state index in [2.05, 4.69) is 21.2 Å². The van der Waals surface area contributed by atoms with Crippen molar-refractivity contribution in [2.45, 2.75) is 18.9 Å². The van der Waals surface area contributed by atoms with Crippen LogP contribution in [0.1, 0.15) is 12.8 Å². The Kier molecular flexibility index (Phi) is 4.12. The summed E-state index contributed by atoms with van der Waals surface area (Å²) in [5.41, 5.74) is 0.791. The van der Waals surface area contributed by atoms with Gasteiger partial charge in [-0.05, 0) is 30.4 Å². The Bertz CT molecular complexity index is 674. The first-order valence-corrected chi connectivity index (χ1v) is 7.85. The molecular formula is C16H17BrN2O2. The van der Waals surface area contributed by atoms with Crippen LogP contribution in [0.25, 0.3) is 10.8 Å². The molecule has 0 saturated carbocycles. The van der Waals surface area contributed by atoms with Gasteiger partial charge in [-0.3, -0.25) is 0 Å². The number of benzene rings is 2. The molecule has 2 N–H and O–H groups in total. The summed E-state index contributed by atoms with van der Waals surface area (Å²) in [5, 5.41) is 14.7. The minimum Gasteiger partial charge on any atom is -0.391 e. The van der Waals surface area contributed by atoms with Gasteiger partial charge in [0, 0.05) is 22.9 Å². The summed E-state index contributed by atoms with van der Waals surface area (Å²) in [6, 6.07) is 11.6. The van der Waals surface area contributed by atoms with Gasteiger partial charge in [-0.1, -0.05) is 40.2 Å². The van der Waals surface area contributed by atoms with Crippen molar-refractivity contribution >= 4 is 38.4 Å². The normalized spacial score (nSPS) is 18.8. The van der Waals surface area contributed by atoms with E-state index in [0.29, 0.717) is 13.1 Å². The average Bonchev–Trinajstić information content (AvgIpc) is 2.50. The van der Waals surface area contributed by atoms with Gasteiger partial charge >= 0.3 is 6.03 Å². The van der Waals surface area contributed by atoms with Crippen molar-refractivity contribution in [1.82, 2.24) is 4.90 Å². The summed E-state index contributed by atoms with van der Waals surface area (Å²) in [4.78, 5) is 14.0. The lowest BCUT2D eigenvalue weighted by atomic mass is 10.1. The number of rotatable bonds is 1. The van der Waals surface area contributed by atoms with E-state index in [9.17, 15) is 9.90 Å². The minimum absolute atomic E-state index is 0.152. The van der Waals surface area contributed by atoms with E-state index in [0.717, 1.165) is 33.8 Å². The summed E-state index contributed by atoms with van der Waals surface area (Å²) >= 11 is 3.53. The number of likely N-dealkylation sites (tertiary alicyclic amines) is 1. The molecule has 1 unspecified atom stereocenters. The second kappa shape index (κ2) is 6.03. The molecule has 0 aliphatic carbocycles. The van der Waals surface area contributed by atoms with Crippen molar-refractivity contribution in [3.05, 3.63) is 40.9 Å². The van der Waals surface area contributed by atoms with Gasteiger partial charge in [0.25, 0.3) is 0 Å². The van der Waals surface area contributed by atoms with E-state index in [-0.39, 0.29) is 6.03 Å². The van der Waals surface area contributed by atoms with Crippen molar-refractivity contribution in [1.29, 1.82) is 0 Å². The largest absolute Gasteiger partial charge is 0.391 e. The monoisotopic (exact) mass is 348 g/mol. The lowest BCUT2D eigenvalue weighted by Gasteiger charge is -2.30. The van der Waals surface area contributed by atoms with Gasteiger partial charge in [-0.2, -0.15) is 0 Å². The highest BCUT2D eigenvalue weighted by molar-refractivity contribution is 9.10. The predicted molar refractivity (Wildman–Crippen MR) is 87.5 cm³/mol. The van der Waals surface area contributed by atoms with E-state index in [1.54, 1.807) is 4.90 Å². The van der Waals surface area contributed by atoms with Gasteiger partial charge in [0.15, 0.2) is 0 Å². The van der Waals surface area contributed by atoms with Crippen LogP contribution in [0.5, 0.6) is 0 Å². The Morgan fingerprint density at radius 1 is 1.24 bits per heavy atom. The third-order valence-electron chi connectivity index (χ3n) is 3.80. The van der Waals surface area contributed by atoms with Crippen LogP contribution in [0.2, 0.25) is 0 Å². The fourth-order valence-corrected chi connectivity index (χ4v) is 3.18. The number of β-amino-alcohol motifs (C(OH)–C–C–N with tert-alkyl or cyclic N) is 1. The molecule has 1 aliphatic rings. The zero-order chi connectivity index (χ0) is 14.8. The number of urea groups is 1. The molecule has 1 aliphatic heterocycles. The topological polar surface area (TPSA) is 52.6 Å². The van der Waals surface area contributed by atoms with E-state index < -0.39 is 6.10 Å². The van der Waals surface area contributed by atoms with E-state index in [4.69, 9.17) is 0 Å². The molecule has 0 spiro atoms. The number of fused-ring (bicyclic) bond motifs is 1. The molecule has 3 rings (SSSR count). The highest BCUT2D eigenvalue weighted by Gasteiger charge is 2.22. The number of aliphatic hydroxyl groups excluding tert-OH is 1. The van der Waals surface area contributed by atoms with Gasteiger partial charge in [0.2, 0.25) is 0 Å². The molecule has 1 saturated heterocycles. The molecular weight excluding hydrogens is 332 g/mol. The van der Waals surface area contributed by atoms with Crippen LogP contribution in [0.3, 0.4) is 0 Å². The molecule has 0 aromatic heterocycles. The molecule has 1 heterocycles. The Hall–Kier alpha value is -1.59. The summed E-state index contributed by atoms with van der Waals surface area (Å²) in [7, 11) is 0. The third-order valence-corrected chi connectivity index (χ3v) is 4.49. The SMILES string of the molecule is O=C(Nc1ccc(Br)c2ccccc12)N1CCCC(O)C1. The average molecular weight is 349 g/mol. The number of halogens is 1. The third kappa shape index (κ3) is 3.04. The Morgan fingerprint density at radius 3 is 2.76 bits per heavy atom. The molecule has 2 amide bonds. The number of piperidine rings is 1. The fourth-order valence-electron chi connectivity index (χ4n) is 2.70. The molecule has 2 aromatic carbocycles. The van der Waals surface area contributed by atoms with E-state index >= 15 is 0 Å². The van der Waals surface area contributed by atoms with E-state index in [1.165, 1.54) is 0 Å². The van der Waals surface area contributed by atoms with Crippen LogP contribution in [-0.2, 0) is 0 Å².